The molecule has 5 aromatic rings. The van der Waals surface area contributed by atoms with Gasteiger partial charge in [-0.15, -0.1) is 0 Å². The van der Waals surface area contributed by atoms with Gasteiger partial charge in [0.1, 0.15) is 11.4 Å². The quantitative estimate of drug-likeness (QED) is 0.157. The van der Waals surface area contributed by atoms with Gasteiger partial charge < -0.3 is 4.57 Å². The number of carbonyl (C=O) groups excluding carboxylic acids is 1. The van der Waals surface area contributed by atoms with Crippen LogP contribution in [-0.2, 0) is 12.0 Å². The summed E-state index contributed by atoms with van der Waals surface area (Å²) in [6.45, 7) is 0. The van der Waals surface area contributed by atoms with E-state index in [1.807, 2.05) is 24.4 Å². The molecule has 0 aliphatic carbocycles. The second-order valence-corrected chi connectivity index (χ2v) is 9.24. The lowest BCUT2D eigenvalue weighted by Gasteiger charge is -2.38. The maximum atomic E-state index is 12.8. The van der Waals surface area contributed by atoms with Gasteiger partial charge in [0.15, 0.2) is 5.78 Å². The molecule has 1 aromatic heterocycles. The zero-order valence-corrected chi connectivity index (χ0v) is 20.7. The fraction of sp³-hybridized carbons (Fsp3) is 0.125. The second kappa shape index (κ2) is 10.8. The molecule has 3 nitrogen and oxygen atoms in total. The van der Waals surface area contributed by atoms with Crippen LogP contribution in [0, 0.1) is 0 Å². The van der Waals surface area contributed by atoms with Crippen LogP contribution in [0.1, 0.15) is 45.7 Å². The summed E-state index contributed by atoms with van der Waals surface area (Å²) in [7, 11) is 0. The van der Waals surface area contributed by atoms with Crippen LogP contribution in [-0.4, -0.2) is 15.3 Å². The van der Waals surface area contributed by atoms with E-state index in [1.54, 1.807) is 24.3 Å². The first-order valence-electron chi connectivity index (χ1n) is 12.2. The number of imidazole rings is 1. The number of benzene rings is 4. The lowest BCUT2D eigenvalue weighted by atomic mass is 9.76. The Balaban J connectivity index is 1.55. The minimum atomic E-state index is -0.601. The maximum absolute atomic E-state index is 12.8. The van der Waals surface area contributed by atoms with Crippen LogP contribution in [0.15, 0.2) is 128 Å². The molecule has 0 radical (unpaired) electrons. The molecule has 0 saturated heterocycles. The molecule has 0 N–H and O–H groups in total. The van der Waals surface area contributed by atoms with E-state index in [0.717, 1.165) is 22.5 Å². The fourth-order valence-corrected chi connectivity index (χ4v) is 5.09. The standard InChI is InChI=1S/C32H27ClN2O/c33-29-21-19-25(20-22-29)30(36)17-10-18-31-34-23-24-35(31)32(26-11-4-1-5-12-26,27-13-6-2-7-14-27)28-15-8-3-9-16-28/h1-9,11-16,19-24H,10,17-18H2. The second-order valence-electron chi connectivity index (χ2n) is 8.81. The summed E-state index contributed by atoms with van der Waals surface area (Å²) in [5, 5.41) is 0.632. The van der Waals surface area contributed by atoms with Crippen molar-refractivity contribution in [2.75, 3.05) is 0 Å². The number of aryl methyl sites for hydroxylation is 1. The molecule has 4 aromatic carbocycles. The number of hydrogen-bond donors (Lipinski definition) is 0. The van der Waals surface area contributed by atoms with Gasteiger partial charge in [0.2, 0.25) is 0 Å². The molecule has 0 bridgehead atoms. The van der Waals surface area contributed by atoms with Crippen LogP contribution in [0.4, 0.5) is 0 Å². The molecule has 5 rings (SSSR count). The van der Waals surface area contributed by atoms with Crippen LogP contribution < -0.4 is 0 Å². The van der Waals surface area contributed by atoms with Crippen LogP contribution in [0.5, 0.6) is 0 Å². The van der Waals surface area contributed by atoms with Crippen molar-refractivity contribution < 1.29 is 4.79 Å². The lowest BCUT2D eigenvalue weighted by Crippen LogP contribution is -2.38. The van der Waals surface area contributed by atoms with Crippen LogP contribution in [0.2, 0.25) is 5.02 Å². The maximum Gasteiger partial charge on any atom is 0.162 e. The Kier molecular flexibility index (Phi) is 7.11. The lowest BCUT2D eigenvalue weighted by molar-refractivity contribution is 0.0980. The summed E-state index contributed by atoms with van der Waals surface area (Å²) in [6.07, 6.45) is 5.75. The van der Waals surface area contributed by atoms with Crippen LogP contribution >= 0.6 is 11.6 Å². The first-order valence-corrected chi connectivity index (χ1v) is 12.6. The van der Waals surface area contributed by atoms with E-state index in [-0.39, 0.29) is 5.78 Å². The van der Waals surface area contributed by atoms with E-state index in [1.165, 1.54) is 0 Å². The van der Waals surface area contributed by atoms with Gasteiger partial charge in [0.05, 0.1) is 0 Å². The predicted octanol–water partition coefficient (Wildman–Crippen LogP) is 7.58. The number of nitrogens with zero attached hydrogens (tertiary/aromatic N) is 2. The van der Waals surface area contributed by atoms with Gasteiger partial charge in [-0.2, -0.15) is 0 Å². The summed E-state index contributed by atoms with van der Waals surface area (Å²) in [6, 6.07) is 38.8. The van der Waals surface area contributed by atoms with Crippen molar-refractivity contribution in [3.05, 3.63) is 161 Å². The topological polar surface area (TPSA) is 34.9 Å². The van der Waals surface area contributed by atoms with E-state index in [2.05, 4.69) is 83.6 Å². The minimum Gasteiger partial charge on any atom is -0.316 e. The number of aromatic nitrogens is 2. The predicted molar refractivity (Wildman–Crippen MR) is 146 cm³/mol. The summed E-state index contributed by atoms with van der Waals surface area (Å²) < 4.78 is 2.28. The van der Waals surface area contributed by atoms with E-state index >= 15 is 0 Å². The first-order chi connectivity index (χ1) is 17.7. The molecule has 0 fully saturated rings. The highest BCUT2D eigenvalue weighted by Gasteiger charge is 2.39. The van der Waals surface area contributed by atoms with Crippen molar-refractivity contribution >= 4 is 17.4 Å². The van der Waals surface area contributed by atoms with Crippen molar-refractivity contribution in [3.8, 4) is 0 Å². The minimum absolute atomic E-state index is 0.116. The Morgan fingerprint density at radius 1 is 0.722 bits per heavy atom. The third-order valence-corrected chi connectivity index (χ3v) is 6.88. The van der Waals surface area contributed by atoms with Crippen molar-refractivity contribution in [2.45, 2.75) is 24.8 Å². The molecule has 36 heavy (non-hydrogen) atoms. The number of Topliss-reactive ketones (excluding diaryl/α,β-unsaturated/α-hetero) is 1. The number of carbonyl (C=O) groups is 1. The SMILES string of the molecule is O=C(CCCc1nccn1C(c1ccccc1)(c1ccccc1)c1ccccc1)c1ccc(Cl)cc1. The molecule has 0 aliphatic heterocycles. The molecular formula is C32H27ClN2O. The smallest absolute Gasteiger partial charge is 0.162 e. The van der Waals surface area contributed by atoms with E-state index in [4.69, 9.17) is 16.6 Å². The Labute approximate surface area is 217 Å². The summed E-state index contributed by atoms with van der Waals surface area (Å²) in [5.74, 6) is 1.06. The number of rotatable bonds is 9. The highest BCUT2D eigenvalue weighted by atomic mass is 35.5. The van der Waals surface area contributed by atoms with Crippen molar-refractivity contribution in [1.82, 2.24) is 9.55 Å². The number of halogens is 1. The average Bonchev–Trinajstić information content (AvgIpc) is 3.40. The van der Waals surface area contributed by atoms with Crippen LogP contribution in [0.3, 0.4) is 0 Å². The van der Waals surface area contributed by atoms with Gasteiger partial charge >= 0.3 is 0 Å². The molecule has 0 aliphatic rings. The van der Waals surface area contributed by atoms with Gasteiger partial charge in [-0.05, 0) is 47.4 Å². The largest absolute Gasteiger partial charge is 0.316 e. The number of ketones is 1. The zero-order chi connectivity index (χ0) is 24.8. The van der Waals surface area contributed by atoms with Crippen molar-refractivity contribution in [3.63, 3.8) is 0 Å². The number of hydrogen-bond acceptors (Lipinski definition) is 2. The van der Waals surface area contributed by atoms with Crippen molar-refractivity contribution in [1.29, 1.82) is 0 Å². The fourth-order valence-electron chi connectivity index (χ4n) is 4.97. The molecule has 1 heterocycles. The molecular weight excluding hydrogens is 464 g/mol. The Bertz CT molecular complexity index is 1320. The molecule has 0 saturated carbocycles. The van der Waals surface area contributed by atoms with Crippen molar-refractivity contribution in [2.24, 2.45) is 0 Å². The van der Waals surface area contributed by atoms with Gasteiger partial charge in [0, 0.05) is 35.8 Å². The molecule has 0 unspecified atom stereocenters. The Morgan fingerprint density at radius 3 is 1.72 bits per heavy atom. The molecule has 4 heteroatoms. The van der Waals surface area contributed by atoms with Gasteiger partial charge in [-0.25, -0.2) is 4.98 Å². The molecule has 0 amide bonds. The summed E-state index contributed by atoms with van der Waals surface area (Å²) in [5.41, 5.74) is 3.54. The third-order valence-electron chi connectivity index (χ3n) is 6.62. The van der Waals surface area contributed by atoms with Gasteiger partial charge in [0.25, 0.3) is 0 Å². The first kappa shape index (κ1) is 23.8. The van der Waals surface area contributed by atoms with E-state index in [9.17, 15) is 4.79 Å². The summed E-state index contributed by atoms with van der Waals surface area (Å²) >= 11 is 5.98. The van der Waals surface area contributed by atoms with E-state index < -0.39 is 5.54 Å². The third kappa shape index (κ3) is 4.62. The van der Waals surface area contributed by atoms with Crippen LogP contribution in [0.25, 0.3) is 0 Å². The zero-order valence-electron chi connectivity index (χ0n) is 19.9. The van der Waals surface area contributed by atoms with Gasteiger partial charge in [-0.3, -0.25) is 4.79 Å². The highest BCUT2D eigenvalue weighted by molar-refractivity contribution is 6.30. The monoisotopic (exact) mass is 490 g/mol. The molecule has 0 spiro atoms. The summed E-state index contributed by atoms with van der Waals surface area (Å²) in [4.78, 5) is 17.5. The highest BCUT2D eigenvalue weighted by Crippen LogP contribution is 2.41. The Hall–Kier alpha value is -3.95. The van der Waals surface area contributed by atoms with Gasteiger partial charge in [-0.1, -0.05) is 103 Å². The normalized spacial score (nSPS) is 11.4. The Morgan fingerprint density at radius 2 is 1.22 bits per heavy atom. The molecule has 0 atom stereocenters. The average molecular weight is 491 g/mol. The molecule has 178 valence electrons. The van der Waals surface area contributed by atoms with E-state index in [0.29, 0.717) is 29.8 Å².